The van der Waals surface area contributed by atoms with Crippen LogP contribution in [-0.2, 0) is 22.7 Å². The highest BCUT2D eigenvalue weighted by Gasteiger charge is 2.31. The maximum atomic E-state index is 13.6. The molecule has 0 bridgehead atoms. The Balaban J connectivity index is 1.15. The Morgan fingerprint density at radius 3 is 2.55 bits per heavy atom. The van der Waals surface area contributed by atoms with Gasteiger partial charge in [-0.05, 0) is 42.7 Å². The minimum atomic E-state index is -0.751. The SMILES string of the molecule is Cc1nc2cccc(NCc3ccc(CN4CC(n5cccn5)C4)cc3)c2c(=O)n1C1CCC(=O)NC1=O. The van der Waals surface area contributed by atoms with Gasteiger partial charge in [-0.2, -0.15) is 5.10 Å². The van der Waals surface area contributed by atoms with Crippen LogP contribution in [-0.4, -0.2) is 49.1 Å². The summed E-state index contributed by atoms with van der Waals surface area (Å²) in [5.74, 6) is -0.335. The molecule has 10 nitrogen and oxygen atoms in total. The van der Waals surface area contributed by atoms with E-state index in [0.29, 0.717) is 35.0 Å². The minimum Gasteiger partial charge on any atom is -0.380 e. The van der Waals surface area contributed by atoms with Crippen LogP contribution >= 0.6 is 0 Å². The number of hydrogen-bond acceptors (Lipinski definition) is 7. The Morgan fingerprint density at radius 1 is 1.03 bits per heavy atom. The molecule has 0 aliphatic carbocycles. The average Bonchev–Trinajstić information content (AvgIpc) is 3.41. The van der Waals surface area contributed by atoms with Gasteiger partial charge in [0, 0.05) is 50.7 Å². The summed E-state index contributed by atoms with van der Waals surface area (Å²) in [5, 5.41) is 10.5. The van der Waals surface area contributed by atoms with E-state index >= 15 is 0 Å². The van der Waals surface area contributed by atoms with E-state index in [1.807, 2.05) is 35.3 Å². The number of anilines is 1. The number of piperidine rings is 1. The molecular formula is C28H29N7O3. The van der Waals surface area contributed by atoms with Gasteiger partial charge >= 0.3 is 0 Å². The van der Waals surface area contributed by atoms with Gasteiger partial charge in [-0.25, -0.2) is 4.98 Å². The number of nitrogens with one attached hydrogen (secondary N) is 2. The van der Waals surface area contributed by atoms with E-state index in [1.54, 1.807) is 13.0 Å². The van der Waals surface area contributed by atoms with Crippen molar-refractivity contribution in [1.82, 2.24) is 29.5 Å². The zero-order chi connectivity index (χ0) is 26.2. The molecule has 1 unspecified atom stereocenters. The van der Waals surface area contributed by atoms with Gasteiger partial charge in [0.25, 0.3) is 5.56 Å². The number of hydrogen-bond donors (Lipinski definition) is 2. The average molecular weight is 512 g/mol. The molecule has 0 radical (unpaired) electrons. The van der Waals surface area contributed by atoms with Crippen LogP contribution in [0.2, 0.25) is 0 Å². The predicted octanol–water partition coefficient (Wildman–Crippen LogP) is 2.55. The Labute approximate surface area is 219 Å². The first kappa shape index (κ1) is 24.1. The zero-order valence-electron chi connectivity index (χ0n) is 21.1. The molecule has 0 spiro atoms. The molecule has 2 N–H and O–H groups in total. The lowest BCUT2D eigenvalue weighted by molar-refractivity contribution is -0.135. The Kier molecular flexibility index (Phi) is 6.24. The number of rotatable bonds is 7. The van der Waals surface area contributed by atoms with E-state index in [1.165, 1.54) is 10.1 Å². The molecule has 4 aromatic rings. The lowest BCUT2D eigenvalue weighted by Crippen LogP contribution is -2.47. The molecule has 2 aromatic carbocycles. The van der Waals surface area contributed by atoms with Crippen molar-refractivity contribution in [3.63, 3.8) is 0 Å². The van der Waals surface area contributed by atoms with E-state index < -0.39 is 11.9 Å². The number of nitrogens with zero attached hydrogens (tertiary/aromatic N) is 5. The van der Waals surface area contributed by atoms with Crippen LogP contribution in [0.5, 0.6) is 0 Å². The molecule has 2 aromatic heterocycles. The summed E-state index contributed by atoms with van der Waals surface area (Å²) in [6, 6.07) is 15.6. The molecule has 194 valence electrons. The summed E-state index contributed by atoms with van der Waals surface area (Å²) in [5.41, 5.74) is 3.29. The topological polar surface area (TPSA) is 114 Å². The lowest BCUT2D eigenvalue weighted by atomic mass is 10.0. The van der Waals surface area contributed by atoms with Crippen LogP contribution in [0.1, 0.15) is 41.9 Å². The van der Waals surface area contributed by atoms with Gasteiger partial charge in [0.2, 0.25) is 11.8 Å². The molecule has 1 atom stereocenters. The first-order chi connectivity index (χ1) is 18.5. The van der Waals surface area contributed by atoms with E-state index in [4.69, 9.17) is 0 Å². The van der Waals surface area contributed by atoms with Crippen molar-refractivity contribution >= 4 is 28.4 Å². The number of fused-ring (bicyclic) bond motifs is 1. The second kappa shape index (κ2) is 9.86. The van der Waals surface area contributed by atoms with Gasteiger partial charge < -0.3 is 5.32 Å². The molecule has 10 heteroatoms. The van der Waals surface area contributed by atoms with E-state index in [2.05, 4.69) is 49.9 Å². The summed E-state index contributed by atoms with van der Waals surface area (Å²) >= 11 is 0. The van der Waals surface area contributed by atoms with Crippen LogP contribution in [0.3, 0.4) is 0 Å². The smallest absolute Gasteiger partial charge is 0.264 e. The van der Waals surface area contributed by atoms with Gasteiger partial charge in [-0.1, -0.05) is 30.3 Å². The highest BCUT2D eigenvalue weighted by Crippen LogP contribution is 2.25. The molecule has 2 fully saturated rings. The molecule has 6 rings (SSSR count). The second-order valence-electron chi connectivity index (χ2n) is 10.0. The Bertz CT molecular complexity index is 1550. The Hall–Kier alpha value is -4.31. The molecule has 2 saturated heterocycles. The quantitative estimate of drug-likeness (QED) is 0.367. The molecule has 0 saturated carbocycles. The van der Waals surface area contributed by atoms with Crippen molar-refractivity contribution < 1.29 is 9.59 Å². The van der Waals surface area contributed by atoms with Crippen molar-refractivity contribution in [1.29, 1.82) is 0 Å². The van der Waals surface area contributed by atoms with E-state index in [0.717, 1.165) is 25.2 Å². The summed E-state index contributed by atoms with van der Waals surface area (Å²) in [6.45, 7) is 5.14. The first-order valence-electron chi connectivity index (χ1n) is 12.8. The number of aromatic nitrogens is 4. The van der Waals surface area contributed by atoms with Gasteiger partial charge in [-0.15, -0.1) is 0 Å². The van der Waals surface area contributed by atoms with Crippen molar-refractivity contribution in [2.75, 3.05) is 18.4 Å². The van der Waals surface area contributed by atoms with Crippen molar-refractivity contribution in [3.05, 3.63) is 88.2 Å². The summed E-state index contributed by atoms with van der Waals surface area (Å²) in [7, 11) is 0. The number of likely N-dealkylation sites (tertiary alicyclic amines) is 1. The van der Waals surface area contributed by atoms with Crippen molar-refractivity contribution in [3.8, 4) is 0 Å². The van der Waals surface area contributed by atoms with E-state index in [9.17, 15) is 14.4 Å². The largest absolute Gasteiger partial charge is 0.380 e. The fraction of sp³-hybridized carbons (Fsp3) is 0.321. The number of benzene rings is 2. The number of imide groups is 1. The third kappa shape index (κ3) is 4.58. The molecule has 4 heterocycles. The summed E-state index contributed by atoms with van der Waals surface area (Å²) in [6.07, 6.45) is 4.31. The van der Waals surface area contributed by atoms with Crippen LogP contribution in [0.15, 0.2) is 65.7 Å². The Morgan fingerprint density at radius 2 is 1.82 bits per heavy atom. The highest BCUT2D eigenvalue weighted by atomic mass is 16.2. The maximum Gasteiger partial charge on any atom is 0.264 e. The molecule has 2 amide bonds. The van der Waals surface area contributed by atoms with Crippen molar-refractivity contribution in [2.24, 2.45) is 0 Å². The number of carbonyl (C=O) groups is 2. The first-order valence-corrected chi connectivity index (χ1v) is 12.8. The molecule has 2 aliphatic rings. The standard InChI is InChI=1S/C28H29N7O3/c1-18-31-23-5-2-4-22(26(23)28(38)35(18)24-10-11-25(36)32-27(24)37)29-14-19-6-8-20(9-7-19)15-33-16-21(17-33)34-13-3-12-30-34/h2-9,12-13,21,24,29H,10-11,14-17H2,1H3,(H,32,36,37). The van der Waals surface area contributed by atoms with Crippen molar-refractivity contribution in [2.45, 2.75) is 44.9 Å². The predicted molar refractivity (Wildman–Crippen MR) is 142 cm³/mol. The number of carbonyl (C=O) groups excluding carboxylic acids is 2. The fourth-order valence-corrected chi connectivity index (χ4v) is 5.35. The van der Waals surface area contributed by atoms with Crippen LogP contribution in [0.25, 0.3) is 10.9 Å². The monoisotopic (exact) mass is 511 g/mol. The van der Waals surface area contributed by atoms with E-state index in [-0.39, 0.29) is 24.3 Å². The third-order valence-electron chi connectivity index (χ3n) is 7.38. The van der Waals surface area contributed by atoms with Gasteiger partial charge in [-0.3, -0.25) is 33.8 Å². The van der Waals surface area contributed by atoms with Gasteiger partial charge in [0.05, 0.1) is 16.9 Å². The van der Waals surface area contributed by atoms with Crippen LogP contribution in [0, 0.1) is 6.92 Å². The molecule has 38 heavy (non-hydrogen) atoms. The molecule has 2 aliphatic heterocycles. The third-order valence-corrected chi connectivity index (χ3v) is 7.38. The maximum absolute atomic E-state index is 13.6. The number of amides is 2. The zero-order valence-corrected chi connectivity index (χ0v) is 21.1. The second-order valence-corrected chi connectivity index (χ2v) is 10.0. The van der Waals surface area contributed by atoms with Gasteiger partial charge in [0.1, 0.15) is 11.9 Å². The van der Waals surface area contributed by atoms with Crippen LogP contribution < -0.4 is 16.2 Å². The number of aryl methyl sites for hydroxylation is 1. The minimum absolute atomic E-state index is 0.193. The highest BCUT2D eigenvalue weighted by molar-refractivity contribution is 5.99. The fourth-order valence-electron chi connectivity index (χ4n) is 5.35. The molecular weight excluding hydrogens is 482 g/mol. The summed E-state index contributed by atoms with van der Waals surface area (Å²) < 4.78 is 3.44. The normalized spacial score (nSPS) is 18.4. The van der Waals surface area contributed by atoms with Crippen LogP contribution in [0.4, 0.5) is 5.69 Å². The lowest BCUT2D eigenvalue weighted by Gasteiger charge is -2.39. The van der Waals surface area contributed by atoms with Gasteiger partial charge in [0.15, 0.2) is 0 Å². The summed E-state index contributed by atoms with van der Waals surface area (Å²) in [4.78, 5) is 44.7.